The summed E-state index contributed by atoms with van der Waals surface area (Å²) in [7, 11) is 0. The summed E-state index contributed by atoms with van der Waals surface area (Å²) >= 11 is 1.82. The highest BCUT2D eigenvalue weighted by Gasteiger charge is 2.41. The average molecular weight is 251 g/mol. The summed E-state index contributed by atoms with van der Waals surface area (Å²) in [5.41, 5.74) is 1.30. The van der Waals surface area contributed by atoms with Crippen LogP contribution in [-0.4, -0.2) is 28.6 Å². The molecule has 1 fully saturated rings. The standard InChI is InChI=1S/C13H17NO2S/c1-9-3-4-10(7-11(9)15)12(16)14-8-13(17-2)5-6-13/h3-4,7,15H,5-6,8H2,1-2H3,(H,14,16). The summed E-state index contributed by atoms with van der Waals surface area (Å²) in [6, 6.07) is 5.01. The molecule has 0 spiro atoms. The first-order valence-corrected chi connectivity index (χ1v) is 6.92. The lowest BCUT2D eigenvalue weighted by Gasteiger charge is -2.13. The smallest absolute Gasteiger partial charge is 0.251 e. The van der Waals surface area contributed by atoms with Crippen LogP contribution in [0.1, 0.15) is 28.8 Å². The molecule has 1 aromatic rings. The maximum absolute atomic E-state index is 11.9. The second-order valence-corrected chi connectivity index (χ2v) is 5.85. The maximum atomic E-state index is 11.9. The SMILES string of the molecule is CSC1(CNC(=O)c2ccc(C)c(O)c2)CC1. The van der Waals surface area contributed by atoms with E-state index in [-0.39, 0.29) is 16.4 Å². The van der Waals surface area contributed by atoms with Gasteiger partial charge in [0, 0.05) is 16.9 Å². The number of phenolic OH excluding ortho intramolecular Hbond substituents is 1. The van der Waals surface area contributed by atoms with Gasteiger partial charge in [-0.3, -0.25) is 4.79 Å². The first-order chi connectivity index (χ1) is 8.06. The fourth-order valence-corrected chi connectivity index (χ4v) is 2.41. The lowest BCUT2D eigenvalue weighted by atomic mass is 10.1. The summed E-state index contributed by atoms with van der Waals surface area (Å²) in [5.74, 6) is 0.0595. The number of aryl methyl sites for hydroxylation is 1. The van der Waals surface area contributed by atoms with E-state index in [0.717, 1.165) is 5.56 Å². The third-order valence-corrected chi connectivity index (χ3v) is 4.70. The van der Waals surface area contributed by atoms with Gasteiger partial charge in [-0.25, -0.2) is 0 Å². The first-order valence-electron chi connectivity index (χ1n) is 5.69. The summed E-state index contributed by atoms with van der Waals surface area (Å²) in [5, 5.41) is 12.5. The third-order valence-electron chi connectivity index (χ3n) is 3.28. The van der Waals surface area contributed by atoms with E-state index < -0.39 is 0 Å². The zero-order valence-corrected chi connectivity index (χ0v) is 10.9. The monoisotopic (exact) mass is 251 g/mol. The molecular formula is C13H17NO2S. The van der Waals surface area contributed by atoms with Crippen molar-refractivity contribution in [2.45, 2.75) is 24.5 Å². The van der Waals surface area contributed by atoms with E-state index in [4.69, 9.17) is 0 Å². The van der Waals surface area contributed by atoms with Crippen LogP contribution in [0, 0.1) is 6.92 Å². The highest BCUT2D eigenvalue weighted by atomic mass is 32.2. The molecule has 3 nitrogen and oxygen atoms in total. The third kappa shape index (κ3) is 2.75. The molecule has 4 heteroatoms. The molecule has 2 N–H and O–H groups in total. The minimum absolute atomic E-state index is 0.111. The van der Waals surface area contributed by atoms with E-state index in [1.165, 1.54) is 18.9 Å². The van der Waals surface area contributed by atoms with Crippen LogP contribution in [0.5, 0.6) is 5.75 Å². The van der Waals surface area contributed by atoms with Gasteiger partial charge in [-0.05, 0) is 43.7 Å². The van der Waals surface area contributed by atoms with Gasteiger partial charge < -0.3 is 10.4 Å². The van der Waals surface area contributed by atoms with Crippen molar-refractivity contribution in [3.05, 3.63) is 29.3 Å². The summed E-state index contributed by atoms with van der Waals surface area (Å²) in [4.78, 5) is 11.9. The van der Waals surface area contributed by atoms with E-state index in [1.54, 1.807) is 12.1 Å². The Morgan fingerprint density at radius 3 is 2.76 bits per heavy atom. The Labute approximate surface area is 106 Å². The van der Waals surface area contributed by atoms with Gasteiger partial charge in [-0.2, -0.15) is 11.8 Å². The van der Waals surface area contributed by atoms with Gasteiger partial charge in [-0.15, -0.1) is 0 Å². The molecule has 0 saturated heterocycles. The Balaban J connectivity index is 1.97. The van der Waals surface area contributed by atoms with E-state index >= 15 is 0 Å². The number of carbonyl (C=O) groups excluding carboxylic acids is 1. The summed E-state index contributed by atoms with van der Waals surface area (Å²) in [6.45, 7) is 2.52. The van der Waals surface area contributed by atoms with Gasteiger partial charge in [0.25, 0.3) is 5.91 Å². The molecule has 1 aromatic carbocycles. The average Bonchev–Trinajstić information content (AvgIpc) is 3.10. The lowest BCUT2D eigenvalue weighted by Crippen LogP contribution is -2.31. The Kier molecular flexibility index (Phi) is 3.33. The fraction of sp³-hybridized carbons (Fsp3) is 0.462. The van der Waals surface area contributed by atoms with Crippen LogP contribution in [0.3, 0.4) is 0 Å². The number of thioether (sulfide) groups is 1. The van der Waals surface area contributed by atoms with Crippen LogP contribution in [0.4, 0.5) is 0 Å². The molecule has 0 aliphatic heterocycles. The molecule has 1 aliphatic carbocycles. The van der Waals surface area contributed by atoms with E-state index in [9.17, 15) is 9.90 Å². The lowest BCUT2D eigenvalue weighted by molar-refractivity contribution is 0.0952. The molecule has 0 bridgehead atoms. The van der Waals surface area contributed by atoms with Crippen LogP contribution < -0.4 is 5.32 Å². The fourth-order valence-electron chi connectivity index (χ4n) is 1.69. The molecule has 2 rings (SSSR count). The van der Waals surface area contributed by atoms with Crippen LogP contribution in [-0.2, 0) is 0 Å². The predicted molar refractivity (Wildman–Crippen MR) is 70.7 cm³/mol. The second kappa shape index (κ2) is 4.61. The summed E-state index contributed by atoms with van der Waals surface area (Å²) in [6.07, 6.45) is 4.43. The van der Waals surface area contributed by atoms with E-state index in [2.05, 4.69) is 11.6 Å². The normalized spacial score (nSPS) is 16.6. The van der Waals surface area contributed by atoms with Crippen molar-refractivity contribution in [2.75, 3.05) is 12.8 Å². The molecule has 0 radical (unpaired) electrons. The highest BCUT2D eigenvalue weighted by molar-refractivity contribution is 8.00. The van der Waals surface area contributed by atoms with Crippen LogP contribution in [0.15, 0.2) is 18.2 Å². The van der Waals surface area contributed by atoms with E-state index in [1.807, 2.05) is 18.7 Å². The zero-order valence-electron chi connectivity index (χ0n) is 10.1. The van der Waals surface area contributed by atoms with Crippen molar-refractivity contribution >= 4 is 17.7 Å². The maximum Gasteiger partial charge on any atom is 0.251 e. The number of benzene rings is 1. The number of nitrogens with one attached hydrogen (secondary N) is 1. The molecule has 0 heterocycles. The molecular weight excluding hydrogens is 234 g/mol. The van der Waals surface area contributed by atoms with Crippen LogP contribution >= 0.6 is 11.8 Å². The molecule has 1 saturated carbocycles. The molecule has 0 unspecified atom stereocenters. The molecule has 1 amide bonds. The number of aromatic hydroxyl groups is 1. The minimum Gasteiger partial charge on any atom is -0.508 e. The number of amides is 1. The Bertz CT molecular complexity index is 441. The predicted octanol–water partition coefficient (Wildman–Crippen LogP) is 2.33. The van der Waals surface area contributed by atoms with Crippen molar-refractivity contribution in [3.8, 4) is 5.75 Å². The minimum atomic E-state index is -0.111. The molecule has 0 atom stereocenters. The van der Waals surface area contributed by atoms with Crippen LogP contribution in [0.2, 0.25) is 0 Å². The largest absolute Gasteiger partial charge is 0.508 e. The number of hydrogen-bond donors (Lipinski definition) is 2. The van der Waals surface area contributed by atoms with Gasteiger partial charge in [0.2, 0.25) is 0 Å². The van der Waals surface area contributed by atoms with Crippen molar-refractivity contribution in [3.63, 3.8) is 0 Å². The van der Waals surface area contributed by atoms with Crippen molar-refractivity contribution < 1.29 is 9.90 Å². The number of rotatable bonds is 4. The van der Waals surface area contributed by atoms with Gasteiger partial charge >= 0.3 is 0 Å². The molecule has 0 aromatic heterocycles. The topological polar surface area (TPSA) is 49.3 Å². The first kappa shape index (κ1) is 12.3. The molecule has 17 heavy (non-hydrogen) atoms. The Morgan fingerprint density at radius 2 is 2.24 bits per heavy atom. The molecule has 1 aliphatic rings. The van der Waals surface area contributed by atoms with Crippen molar-refractivity contribution in [1.82, 2.24) is 5.32 Å². The highest BCUT2D eigenvalue weighted by Crippen LogP contribution is 2.46. The van der Waals surface area contributed by atoms with Gasteiger partial charge in [0.15, 0.2) is 0 Å². The van der Waals surface area contributed by atoms with E-state index in [0.29, 0.717) is 12.1 Å². The Hall–Kier alpha value is -1.16. The molecule has 92 valence electrons. The van der Waals surface area contributed by atoms with Crippen molar-refractivity contribution in [1.29, 1.82) is 0 Å². The Morgan fingerprint density at radius 1 is 1.53 bits per heavy atom. The van der Waals surface area contributed by atoms with Crippen LogP contribution in [0.25, 0.3) is 0 Å². The van der Waals surface area contributed by atoms with Gasteiger partial charge in [0.05, 0.1) is 0 Å². The van der Waals surface area contributed by atoms with Crippen molar-refractivity contribution in [2.24, 2.45) is 0 Å². The second-order valence-electron chi connectivity index (χ2n) is 4.57. The number of hydrogen-bond acceptors (Lipinski definition) is 3. The quantitative estimate of drug-likeness (QED) is 0.863. The number of phenols is 1. The summed E-state index contributed by atoms with van der Waals surface area (Å²) < 4.78 is 0.266. The zero-order chi connectivity index (χ0) is 12.5. The van der Waals surface area contributed by atoms with Gasteiger partial charge in [0.1, 0.15) is 5.75 Å². The number of carbonyl (C=O) groups is 1. The van der Waals surface area contributed by atoms with Gasteiger partial charge in [-0.1, -0.05) is 6.07 Å².